The minimum Gasteiger partial charge on any atom is -0.376 e. The zero-order valence-electron chi connectivity index (χ0n) is 13.2. The summed E-state index contributed by atoms with van der Waals surface area (Å²) >= 11 is 0. The molecule has 1 aromatic heterocycles. The SMILES string of the molecule is Cc1nn(-c2ccccc2)c2c1C(O)(C(F)(F)F)CC(O)(C(F)(F)F)N2. The maximum Gasteiger partial charge on any atom is 0.436 e. The number of halogens is 6. The number of alkyl halides is 6. The highest BCUT2D eigenvalue weighted by Gasteiger charge is 2.69. The second kappa shape index (κ2) is 5.36. The van der Waals surface area contributed by atoms with Gasteiger partial charge in [-0.2, -0.15) is 31.4 Å². The van der Waals surface area contributed by atoms with Gasteiger partial charge in [0.15, 0.2) is 5.60 Å². The molecule has 0 aliphatic carbocycles. The van der Waals surface area contributed by atoms with E-state index in [1.54, 1.807) is 11.4 Å². The number of aliphatic hydroxyl groups is 2. The van der Waals surface area contributed by atoms with Gasteiger partial charge in [0.1, 0.15) is 5.82 Å². The van der Waals surface area contributed by atoms with E-state index >= 15 is 0 Å². The normalized spacial score (nSPS) is 26.3. The summed E-state index contributed by atoms with van der Waals surface area (Å²) in [5, 5.41) is 25.7. The van der Waals surface area contributed by atoms with Crippen LogP contribution in [0.15, 0.2) is 30.3 Å². The maximum atomic E-state index is 13.5. The highest BCUT2D eigenvalue weighted by atomic mass is 19.4. The van der Waals surface area contributed by atoms with Crippen molar-refractivity contribution in [3.05, 3.63) is 41.6 Å². The van der Waals surface area contributed by atoms with Gasteiger partial charge in [-0.05, 0) is 19.1 Å². The van der Waals surface area contributed by atoms with Gasteiger partial charge in [-0.15, -0.1) is 0 Å². The number of nitrogens with zero attached hydrogens (tertiary/aromatic N) is 2. The number of rotatable bonds is 1. The fourth-order valence-electron chi connectivity index (χ4n) is 3.01. The fraction of sp³-hybridized carbons (Fsp3) is 0.400. The van der Waals surface area contributed by atoms with Crippen molar-refractivity contribution in [2.75, 3.05) is 5.32 Å². The third-order valence-electron chi connectivity index (χ3n) is 4.25. The van der Waals surface area contributed by atoms with Crippen LogP contribution in [0, 0.1) is 6.92 Å². The Morgan fingerprint density at radius 3 is 2.12 bits per heavy atom. The van der Waals surface area contributed by atoms with Crippen molar-refractivity contribution in [3.8, 4) is 5.69 Å². The molecule has 142 valence electrons. The Morgan fingerprint density at radius 1 is 1.04 bits per heavy atom. The summed E-state index contributed by atoms with van der Waals surface area (Å²) in [6.45, 7) is 1.13. The predicted octanol–water partition coefficient (Wildman–Crippen LogP) is 3.00. The number of nitrogens with one attached hydrogen (secondary N) is 1. The molecule has 2 unspecified atom stereocenters. The average molecular weight is 381 g/mol. The molecular weight excluding hydrogens is 368 g/mol. The molecule has 2 heterocycles. The Kier molecular flexibility index (Phi) is 3.82. The van der Waals surface area contributed by atoms with Gasteiger partial charge in [-0.3, -0.25) is 0 Å². The van der Waals surface area contributed by atoms with Crippen molar-refractivity contribution >= 4 is 5.82 Å². The third-order valence-corrected chi connectivity index (χ3v) is 4.25. The summed E-state index contributed by atoms with van der Waals surface area (Å²) in [7, 11) is 0. The molecule has 2 atom stereocenters. The van der Waals surface area contributed by atoms with E-state index in [-0.39, 0.29) is 11.4 Å². The Balaban J connectivity index is 2.31. The minimum atomic E-state index is -5.48. The average Bonchev–Trinajstić information content (AvgIpc) is 2.83. The summed E-state index contributed by atoms with van der Waals surface area (Å²) < 4.78 is 81.2. The topological polar surface area (TPSA) is 70.3 Å². The first kappa shape index (κ1) is 18.5. The molecule has 0 saturated heterocycles. The van der Waals surface area contributed by atoms with Crippen molar-refractivity contribution in [2.24, 2.45) is 0 Å². The highest BCUT2D eigenvalue weighted by Crippen LogP contribution is 2.54. The van der Waals surface area contributed by atoms with Crippen LogP contribution in [0.2, 0.25) is 0 Å². The van der Waals surface area contributed by atoms with Crippen LogP contribution in [-0.4, -0.2) is 38.1 Å². The highest BCUT2D eigenvalue weighted by molar-refractivity contribution is 5.60. The third kappa shape index (κ3) is 2.53. The van der Waals surface area contributed by atoms with Crippen LogP contribution >= 0.6 is 0 Å². The quantitative estimate of drug-likeness (QED) is 0.665. The molecule has 0 saturated carbocycles. The summed E-state index contributed by atoms with van der Waals surface area (Å²) in [6, 6.07) is 7.42. The Hall–Kier alpha value is -2.27. The lowest BCUT2D eigenvalue weighted by atomic mass is 9.81. The molecule has 5 nitrogen and oxygen atoms in total. The van der Waals surface area contributed by atoms with E-state index in [1.807, 2.05) is 0 Å². The van der Waals surface area contributed by atoms with Crippen molar-refractivity contribution in [1.82, 2.24) is 9.78 Å². The predicted molar refractivity (Wildman–Crippen MR) is 77.5 cm³/mol. The van der Waals surface area contributed by atoms with Gasteiger partial charge in [0.25, 0.3) is 0 Å². The number of benzene rings is 1. The van der Waals surface area contributed by atoms with Crippen LogP contribution in [0.1, 0.15) is 17.7 Å². The van der Waals surface area contributed by atoms with Crippen molar-refractivity contribution in [2.45, 2.75) is 37.0 Å². The second-order valence-corrected chi connectivity index (χ2v) is 6.07. The van der Waals surface area contributed by atoms with E-state index < -0.39 is 41.5 Å². The van der Waals surface area contributed by atoms with Gasteiger partial charge >= 0.3 is 12.4 Å². The fourth-order valence-corrected chi connectivity index (χ4v) is 3.01. The van der Waals surface area contributed by atoms with Crippen molar-refractivity contribution < 1.29 is 36.6 Å². The molecular formula is C15H13F6N3O2. The zero-order valence-corrected chi connectivity index (χ0v) is 13.2. The second-order valence-electron chi connectivity index (χ2n) is 6.07. The van der Waals surface area contributed by atoms with Crippen molar-refractivity contribution in [3.63, 3.8) is 0 Å². The minimum absolute atomic E-state index is 0.153. The molecule has 0 bridgehead atoms. The molecule has 3 N–H and O–H groups in total. The zero-order chi connectivity index (χ0) is 19.5. The molecule has 1 aliphatic rings. The van der Waals surface area contributed by atoms with E-state index in [4.69, 9.17) is 0 Å². The molecule has 0 amide bonds. The van der Waals surface area contributed by atoms with Gasteiger partial charge in [0.2, 0.25) is 5.72 Å². The smallest absolute Gasteiger partial charge is 0.376 e. The van der Waals surface area contributed by atoms with Gasteiger partial charge in [0.05, 0.1) is 16.9 Å². The standard InChI is InChI=1S/C15H13F6N3O2/c1-8-10-11(24(23-8)9-5-3-2-4-6-9)22-13(26,15(19,20)21)7-12(10,25)14(16,17)18/h2-6,22,25-26H,7H2,1H3. The summed E-state index contributed by atoms with van der Waals surface area (Å²) in [5.41, 5.74) is -8.96. The lowest BCUT2D eigenvalue weighted by Gasteiger charge is -2.44. The van der Waals surface area contributed by atoms with E-state index in [0.29, 0.717) is 0 Å². The molecule has 0 fully saturated rings. The van der Waals surface area contributed by atoms with Crippen LogP contribution in [0.5, 0.6) is 0 Å². The summed E-state index contributed by atoms with van der Waals surface area (Å²) in [6.07, 6.45) is -13.0. The molecule has 0 radical (unpaired) electrons. The maximum absolute atomic E-state index is 13.5. The largest absolute Gasteiger partial charge is 0.436 e. The molecule has 2 aromatic rings. The van der Waals surface area contributed by atoms with Gasteiger partial charge < -0.3 is 15.5 Å². The summed E-state index contributed by atoms with van der Waals surface area (Å²) in [4.78, 5) is 0. The van der Waals surface area contributed by atoms with Gasteiger partial charge in [-0.1, -0.05) is 18.2 Å². The van der Waals surface area contributed by atoms with E-state index in [1.165, 1.54) is 24.3 Å². The van der Waals surface area contributed by atoms with Gasteiger partial charge in [-0.25, -0.2) is 4.68 Å². The molecule has 1 aliphatic heterocycles. The monoisotopic (exact) mass is 381 g/mol. The first-order chi connectivity index (χ1) is 11.8. The lowest BCUT2D eigenvalue weighted by Crippen LogP contribution is -2.62. The Morgan fingerprint density at radius 2 is 1.62 bits per heavy atom. The first-order valence-corrected chi connectivity index (χ1v) is 7.32. The Bertz CT molecular complexity index is 832. The first-order valence-electron chi connectivity index (χ1n) is 7.32. The van der Waals surface area contributed by atoms with Crippen molar-refractivity contribution in [1.29, 1.82) is 0 Å². The molecule has 0 spiro atoms. The van der Waals surface area contributed by atoms with E-state index in [0.717, 1.165) is 11.6 Å². The molecule has 3 rings (SSSR count). The van der Waals surface area contributed by atoms with Crippen LogP contribution in [0.25, 0.3) is 5.69 Å². The summed E-state index contributed by atoms with van der Waals surface area (Å²) in [5.74, 6) is -0.778. The van der Waals surface area contributed by atoms with Gasteiger partial charge in [0, 0.05) is 6.42 Å². The molecule has 1 aromatic carbocycles. The van der Waals surface area contributed by atoms with Crippen LogP contribution in [-0.2, 0) is 5.60 Å². The number of fused-ring (bicyclic) bond motifs is 1. The van der Waals surface area contributed by atoms with Crippen LogP contribution in [0.4, 0.5) is 32.2 Å². The number of hydrogen-bond donors (Lipinski definition) is 3. The van der Waals surface area contributed by atoms with E-state index in [2.05, 4.69) is 5.10 Å². The molecule has 26 heavy (non-hydrogen) atoms. The lowest BCUT2D eigenvalue weighted by molar-refractivity contribution is -0.317. The Labute approximate surface area is 142 Å². The number of para-hydroxylation sites is 1. The van der Waals surface area contributed by atoms with E-state index in [9.17, 15) is 36.6 Å². The number of anilines is 1. The van der Waals surface area contributed by atoms with Crippen LogP contribution in [0.3, 0.4) is 0 Å². The number of aryl methyl sites for hydroxylation is 1. The number of hydrogen-bond acceptors (Lipinski definition) is 4. The van der Waals surface area contributed by atoms with Crippen LogP contribution < -0.4 is 5.32 Å². The number of aromatic nitrogens is 2. The molecule has 11 heteroatoms.